The largest absolute Gasteiger partial charge is 0.502 e. The number of nitrogens with zero attached hydrogens (tertiary/aromatic N) is 3. The molecule has 2 aliphatic rings. The van der Waals surface area contributed by atoms with Crippen LogP contribution in [0.25, 0.3) is 0 Å². The van der Waals surface area contributed by atoms with E-state index in [1.165, 1.54) is 0 Å². The van der Waals surface area contributed by atoms with Crippen molar-refractivity contribution in [2.45, 2.75) is 128 Å². The molecule has 2 atom stereocenters. The first kappa shape index (κ1) is 44.8. The molecule has 1 heterocycles. The van der Waals surface area contributed by atoms with Crippen molar-refractivity contribution in [3.63, 3.8) is 0 Å². The predicted molar refractivity (Wildman–Crippen MR) is 238 cm³/mol. The minimum Gasteiger partial charge on any atom is -0.502 e. The lowest BCUT2D eigenvalue weighted by atomic mass is 9.72. The Hall–Kier alpha value is -4.74. The summed E-state index contributed by atoms with van der Waals surface area (Å²) >= 11 is 0. The molecular formula is C49H59F3N3O4S+. The van der Waals surface area contributed by atoms with Crippen molar-refractivity contribution >= 4 is 32.6 Å². The molecule has 7 nitrogen and oxygen atoms in total. The smallest absolute Gasteiger partial charge is 0.412 e. The Bertz CT molecular complexity index is 2490. The highest BCUT2D eigenvalue weighted by molar-refractivity contribution is 7.93. The van der Waals surface area contributed by atoms with Gasteiger partial charge in [0, 0.05) is 40.5 Å². The van der Waals surface area contributed by atoms with E-state index >= 15 is 13.2 Å². The maximum Gasteiger partial charge on any atom is 0.412 e. The van der Waals surface area contributed by atoms with Crippen molar-refractivity contribution in [2.75, 3.05) is 5.75 Å². The lowest BCUT2D eigenvalue weighted by molar-refractivity contribution is -0.148. The van der Waals surface area contributed by atoms with E-state index in [4.69, 9.17) is 10.2 Å². The molecular weight excluding hydrogens is 784 g/mol. The van der Waals surface area contributed by atoms with Crippen LogP contribution in [0, 0.1) is 0 Å². The van der Waals surface area contributed by atoms with Gasteiger partial charge in [-0.25, -0.2) is 8.42 Å². The minimum atomic E-state index is -5.19. The number of alkyl halides is 3. The first-order chi connectivity index (χ1) is 27.6. The van der Waals surface area contributed by atoms with Crippen LogP contribution in [-0.4, -0.2) is 46.7 Å². The Morgan fingerprint density at radius 2 is 1.17 bits per heavy atom. The van der Waals surface area contributed by atoms with Crippen LogP contribution in [0.5, 0.6) is 11.5 Å². The van der Waals surface area contributed by atoms with Gasteiger partial charge in [-0.05, 0) is 66.6 Å². The molecule has 0 saturated carbocycles. The summed E-state index contributed by atoms with van der Waals surface area (Å²) in [5, 5.41) is 35.7. The number of fused-ring (bicyclic) bond motifs is 1. The van der Waals surface area contributed by atoms with E-state index in [2.05, 4.69) is 13.8 Å². The monoisotopic (exact) mass is 842 g/mol. The minimum absolute atomic E-state index is 0.0226. The number of aromatic hydroxyl groups is 2. The van der Waals surface area contributed by atoms with Gasteiger partial charge < -0.3 is 10.2 Å². The molecule has 11 heteroatoms. The SMILES string of the molecule is CCCCS(=O)(=O)C1(C(F)(F)F)C=CC2=N[N+](c3cc(C(C)(C)C)cc(C(C)(C)C)c3O)(c3cc(C(C)(C)c4ccccc4)cc(C(C)(C)c4ccccc4)c3O)N=C2C1. The number of benzene rings is 4. The fraction of sp³-hybridized carbons (Fsp3) is 0.429. The van der Waals surface area contributed by atoms with Crippen LogP contribution in [0.3, 0.4) is 0 Å². The number of allylic oxidation sites excluding steroid dienone is 1. The van der Waals surface area contributed by atoms with Gasteiger partial charge in [0.25, 0.3) is 0 Å². The van der Waals surface area contributed by atoms with Gasteiger partial charge >= 0.3 is 6.18 Å². The Balaban J connectivity index is 1.80. The number of rotatable bonds is 10. The normalized spacial score (nSPS) is 20.2. The highest BCUT2D eigenvalue weighted by atomic mass is 32.2. The first-order valence-electron chi connectivity index (χ1n) is 20.6. The average Bonchev–Trinajstić information content (AvgIpc) is 3.55. The van der Waals surface area contributed by atoms with E-state index in [9.17, 15) is 18.6 Å². The van der Waals surface area contributed by atoms with Gasteiger partial charge in [-0.3, -0.25) is 0 Å². The van der Waals surface area contributed by atoms with Gasteiger partial charge in [0.1, 0.15) is 11.4 Å². The summed E-state index contributed by atoms with van der Waals surface area (Å²) in [4.78, 5) is 0. The molecule has 0 saturated heterocycles. The summed E-state index contributed by atoms with van der Waals surface area (Å²) in [5.74, 6) is -1.07. The van der Waals surface area contributed by atoms with E-state index < -0.39 is 59.3 Å². The summed E-state index contributed by atoms with van der Waals surface area (Å²) in [6, 6.07) is 26.9. The third kappa shape index (κ3) is 7.50. The molecule has 6 rings (SSSR count). The molecule has 0 amide bonds. The van der Waals surface area contributed by atoms with Gasteiger partial charge in [-0.15, -0.1) is 0 Å². The highest BCUT2D eigenvalue weighted by Crippen LogP contribution is 2.56. The summed E-state index contributed by atoms with van der Waals surface area (Å²) in [5.41, 5.74) is 1.80. The topological polar surface area (TPSA) is 99.3 Å². The summed E-state index contributed by atoms with van der Waals surface area (Å²) in [6.07, 6.45) is -3.96. The van der Waals surface area contributed by atoms with Gasteiger partial charge in [0.2, 0.25) is 11.4 Å². The molecule has 4 aromatic rings. The summed E-state index contributed by atoms with van der Waals surface area (Å²) in [7, 11) is -4.81. The third-order valence-electron chi connectivity index (χ3n) is 12.5. The van der Waals surface area contributed by atoms with Crippen LogP contribution < -0.4 is 4.70 Å². The second kappa shape index (κ2) is 15.0. The lowest BCUT2D eigenvalue weighted by Gasteiger charge is -2.35. The summed E-state index contributed by atoms with van der Waals surface area (Å²) in [6.45, 7) is 21.7. The van der Waals surface area contributed by atoms with Crippen molar-refractivity contribution < 1.29 is 31.8 Å². The van der Waals surface area contributed by atoms with Crippen LogP contribution in [0.2, 0.25) is 0 Å². The number of halogens is 3. The fourth-order valence-electron chi connectivity index (χ4n) is 8.27. The molecule has 0 spiro atoms. The van der Waals surface area contributed by atoms with Crippen molar-refractivity contribution in [1.82, 2.24) is 4.70 Å². The van der Waals surface area contributed by atoms with E-state index in [-0.39, 0.29) is 40.7 Å². The quantitative estimate of drug-likeness (QED) is 0.155. The first-order valence-corrected chi connectivity index (χ1v) is 22.2. The zero-order valence-electron chi connectivity index (χ0n) is 36.7. The van der Waals surface area contributed by atoms with Crippen molar-refractivity contribution in [3.05, 3.63) is 130 Å². The Morgan fingerprint density at radius 3 is 1.67 bits per heavy atom. The van der Waals surface area contributed by atoms with Crippen LogP contribution in [0.1, 0.15) is 129 Å². The van der Waals surface area contributed by atoms with Gasteiger partial charge in [-0.1, -0.05) is 155 Å². The van der Waals surface area contributed by atoms with E-state index in [0.29, 0.717) is 23.6 Å². The molecule has 0 radical (unpaired) electrons. The van der Waals surface area contributed by atoms with Crippen LogP contribution in [-0.2, 0) is 31.5 Å². The zero-order valence-corrected chi connectivity index (χ0v) is 37.5. The third-order valence-corrected chi connectivity index (χ3v) is 14.9. The number of phenols is 2. The Kier molecular flexibility index (Phi) is 11.2. The molecule has 1 aliphatic carbocycles. The molecule has 60 heavy (non-hydrogen) atoms. The van der Waals surface area contributed by atoms with Crippen molar-refractivity contribution in [3.8, 4) is 11.5 Å². The number of sulfone groups is 1. The number of phenolic OH excluding ortho intramolecular Hbond substituents is 2. The standard InChI is InChI=1S/C49H58F3N3O4S/c1-12-13-26-60(58,59)48(49(50,51)52)25-24-38-39(31-48)54-55(53-38,40-29-34(44(2,3)4)27-36(42(40)56)45(5,6)7)41-30-35(46(8,9)32-20-16-14-17-21-32)28-37(43(41)57)47(10,11)33-22-18-15-19-23-33/h14-25,27-30H,12-13,26,31H2,1-11H3,(H-,56,57)/p+1. The fourth-order valence-corrected chi connectivity index (χ4v) is 10.3. The Morgan fingerprint density at radius 1 is 0.667 bits per heavy atom. The number of hydrogen-bond acceptors (Lipinski definition) is 6. The molecule has 4 aromatic carbocycles. The number of hydrogen-bond donors (Lipinski definition) is 2. The van der Waals surface area contributed by atoms with E-state index in [1.807, 2.05) is 128 Å². The maximum atomic E-state index is 15.4. The second-order valence-corrected chi connectivity index (χ2v) is 21.8. The highest BCUT2D eigenvalue weighted by Gasteiger charge is 2.65. The number of unbranched alkanes of at least 4 members (excludes halogenated alkanes) is 1. The lowest BCUT2D eigenvalue weighted by Crippen LogP contribution is -2.54. The van der Waals surface area contributed by atoms with E-state index in [0.717, 1.165) is 28.3 Å². The van der Waals surface area contributed by atoms with Gasteiger partial charge in [0.05, 0.1) is 5.75 Å². The van der Waals surface area contributed by atoms with Gasteiger partial charge in [-0.2, -0.15) is 13.2 Å². The van der Waals surface area contributed by atoms with Gasteiger partial charge in [0.15, 0.2) is 26.1 Å². The number of quaternary nitrogens is 1. The molecule has 0 fully saturated rings. The molecule has 1 aliphatic heterocycles. The van der Waals surface area contributed by atoms with Crippen molar-refractivity contribution in [2.24, 2.45) is 10.2 Å². The molecule has 2 N–H and O–H groups in total. The van der Waals surface area contributed by atoms with E-state index in [1.54, 1.807) is 19.1 Å². The van der Waals surface area contributed by atoms with Crippen LogP contribution in [0.15, 0.2) is 107 Å². The molecule has 0 aromatic heterocycles. The zero-order chi connectivity index (χ0) is 44.5. The summed E-state index contributed by atoms with van der Waals surface area (Å²) < 4.78 is 69.6. The molecule has 2 unspecified atom stereocenters. The second-order valence-electron chi connectivity index (χ2n) is 19.5. The Labute approximate surface area is 353 Å². The average molecular weight is 843 g/mol. The van der Waals surface area contributed by atoms with Crippen molar-refractivity contribution in [1.29, 1.82) is 0 Å². The maximum absolute atomic E-state index is 15.4. The molecule has 0 bridgehead atoms. The molecule has 320 valence electrons. The predicted octanol–water partition coefficient (Wildman–Crippen LogP) is 12.2. The van der Waals surface area contributed by atoms with Crippen LogP contribution >= 0.6 is 0 Å². The van der Waals surface area contributed by atoms with Crippen LogP contribution in [0.4, 0.5) is 24.5 Å².